The lowest BCUT2D eigenvalue weighted by Crippen LogP contribution is -2.34. The van der Waals surface area contributed by atoms with Crippen LogP contribution in [0.4, 0.5) is 0 Å². The number of nitrogens with zero attached hydrogens (tertiary/aromatic N) is 2. The molecule has 0 aromatic heterocycles. The number of benzene rings is 4. The highest BCUT2D eigenvalue weighted by Gasteiger charge is 2.42. The molecule has 164 valence electrons. The zero-order valence-electron chi connectivity index (χ0n) is 18.9. The van der Waals surface area contributed by atoms with Crippen LogP contribution in [-0.4, -0.2) is 25.0 Å². The Bertz CT molecular complexity index is 1300. The van der Waals surface area contributed by atoms with Crippen molar-refractivity contribution in [1.82, 2.24) is 0 Å². The van der Waals surface area contributed by atoms with Crippen LogP contribution in [0.5, 0.6) is 0 Å². The van der Waals surface area contributed by atoms with Gasteiger partial charge in [-0.2, -0.15) is 0 Å². The van der Waals surface area contributed by atoms with E-state index in [2.05, 4.69) is 98.8 Å². The zero-order chi connectivity index (χ0) is 22.4. The molecule has 33 heavy (non-hydrogen) atoms. The molecule has 2 heterocycles. The molecule has 2 atom stereocenters. The number of hydrogen-bond acceptors (Lipinski definition) is 4. The van der Waals surface area contributed by atoms with Crippen LogP contribution in [0.3, 0.4) is 0 Å². The van der Waals surface area contributed by atoms with Crippen LogP contribution in [-0.2, 0) is 9.47 Å². The third kappa shape index (κ3) is 3.37. The molecule has 4 nitrogen and oxygen atoms in total. The average molecular weight is 435 g/mol. The third-order valence-electron chi connectivity index (χ3n) is 6.74. The van der Waals surface area contributed by atoms with Crippen LogP contribution in [0.15, 0.2) is 94.9 Å². The first-order chi connectivity index (χ1) is 16.1. The van der Waals surface area contributed by atoms with Crippen molar-refractivity contribution in [3.63, 3.8) is 0 Å². The summed E-state index contributed by atoms with van der Waals surface area (Å²) in [5.41, 5.74) is 1.86. The molecule has 4 aromatic rings. The summed E-state index contributed by atoms with van der Waals surface area (Å²) in [5.74, 6) is 1.38. The van der Waals surface area contributed by atoms with Gasteiger partial charge in [-0.3, -0.25) is 0 Å². The highest BCUT2D eigenvalue weighted by molar-refractivity contribution is 6.05. The summed E-state index contributed by atoms with van der Waals surface area (Å²) in [6.07, 6.45) is 0. The molecule has 0 aliphatic carbocycles. The topological polar surface area (TPSA) is 43.2 Å². The number of aliphatic imine (C=N–C) groups is 2. The van der Waals surface area contributed by atoms with Crippen LogP contribution in [0, 0.1) is 5.41 Å². The van der Waals surface area contributed by atoms with Gasteiger partial charge in [-0.05, 0) is 46.5 Å². The van der Waals surface area contributed by atoms with E-state index < -0.39 is 5.41 Å². The van der Waals surface area contributed by atoms with Gasteiger partial charge >= 0.3 is 0 Å². The van der Waals surface area contributed by atoms with Crippen molar-refractivity contribution in [3.05, 3.63) is 96.1 Å². The van der Waals surface area contributed by atoms with E-state index in [-0.39, 0.29) is 12.1 Å². The van der Waals surface area contributed by atoms with Gasteiger partial charge in [0.1, 0.15) is 30.7 Å². The Morgan fingerprint density at radius 2 is 1.03 bits per heavy atom. The predicted octanol–water partition coefficient (Wildman–Crippen LogP) is 6.66. The van der Waals surface area contributed by atoms with Gasteiger partial charge in [-0.1, -0.05) is 84.9 Å². The fraction of sp³-hybridized carbons (Fsp3) is 0.241. The minimum Gasteiger partial charge on any atom is -0.478 e. The van der Waals surface area contributed by atoms with Gasteiger partial charge in [0.05, 0.1) is 0 Å². The average Bonchev–Trinajstić information content (AvgIpc) is 3.55. The molecule has 2 aliphatic heterocycles. The van der Waals surface area contributed by atoms with Crippen molar-refractivity contribution in [3.8, 4) is 0 Å². The first kappa shape index (κ1) is 20.0. The molecule has 0 fully saturated rings. The molecule has 0 saturated heterocycles. The molecular weight excluding hydrogens is 408 g/mol. The van der Waals surface area contributed by atoms with Crippen LogP contribution >= 0.6 is 0 Å². The van der Waals surface area contributed by atoms with E-state index in [1.165, 1.54) is 32.7 Å². The SMILES string of the molecule is CC(C)(C1=N[C@@H](c2cccc3ccccc23)CO1)C1=N[C@@H](c2cccc3ccccc23)CO1. The Labute approximate surface area is 193 Å². The van der Waals surface area contributed by atoms with Gasteiger partial charge in [0.2, 0.25) is 0 Å². The van der Waals surface area contributed by atoms with Crippen molar-refractivity contribution in [1.29, 1.82) is 0 Å². The normalized spacial score (nSPS) is 20.4. The second kappa shape index (κ2) is 7.73. The van der Waals surface area contributed by atoms with Gasteiger partial charge in [-0.15, -0.1) is 0 Å². The second-order valence-corrected chi connectivity index (χ2v) is 9.28. The molecular formula is C29H26N2O2. The first-order valence-electron chi connectivity index (χ1n) is 11.5. The standard InChI is InChI=1S/C29H26N2O2/c1-29(2,27-30-25(17-32-27)23-15-7-11-19-9-3-5-13-21(19)23)28-31-26(18-33-28)24-16-8-12-20-10-4-6-14-22(20)24/h3-16,25-26H,17-18H2,1-2H3/t25-,26-/m1/s1. The number of hydrogen-bond donors (Lipinski definition) is 0. The molecule has 0 unspecified atom stereocenters. The van der Waals surface area contributed by atoms with Crippen molar-refractivity contribution < 1.29 is 9.47 Å². The van der Waals surface area contributed by atoms with Gasteiger partial charge in [0.15, 0.2) is 11.8 Å². The number of rotatable bonds is 4. The van der Waals surface area contributed by atoms with Crippen LogP contribution < -0.4 is 0 Å². The lowest BCUT2D eigenvalue weighted by atomic mass is 9.92. The van der Waals surface area contributed by atoms with Gasteiger partial charge < -0.3 is 9.47 Å². The van der Waals surface area contributed by atoms with Crippen LogP contribution in [0.25, 0.3) is 21.5 Å². The predicted molar refractivity (Wildman–Crippen MR) is 134 cm³/mol. The largest absolute Gasteiger partial charge is 0.478 e. The van der Waals surface area contributed by atoms with E-state index in [1.807, 2.05) is 0 Å². The van der Waals surface area contributed by atoms with E-state index in [9.17, 15) is 0 Å². The maximum Gasteiger partial charge on any atom is 0.199 e. The monoisotopic (exact) mass is 434 g/mol. The summed E-state index contributed by atoms with van der Waals surface area (Å²) in [4.78, 5) is 10.0. The minimum absolute atomic E-state index is 0.0266. The van der Waals surface area contributed by atoms with Gasteiger partial charge in [0, 0.05) is 0 Å². The molecule has 0 saturated carbocycles. The molecule has 0 bridgehead atoms. The maximum absolute atomic E-state index is 6.15. The molecule has 4 heteroatoms. The van der Waals surface area contributed by atoms with E-state index in [4.69, 9.17) is 19.5 Å². The Balaban J connectivity index is 1.31. The number of fused-ring (bicyclic) bond motifs is 2. The Morgan fingerprint density at radius 1 is 0.606 bits per heavy atom. The van der Waals surface area contributed by atoms with Gasteiger partial charge in [-0.25, -0.2) is 9.98 Å². The van der Waals surface area contributed by atoms with E-state index in [1.54, 1.807) is 0 Å². The van der Waals surface area contributed by atoms with Crippen molar-refractivity contribution >= 4 is 33.3 Å². The Kier molecular flexibility index (Phi) is 4.68. The Hall–Kier alpha value is -3.66. The fourth-order valence-electron chi connectivity index (χ4n) is 4.92. The summed E-state index contributed by atoms with van der Waals surface area (Å²) in [7, 11) is 0. The highest BCUT2D eigenvalue weighted by Crippen LogP contribution is 2.38. The summed E-state index contributed by atoms with van der Waals surface area (Å²) >= 11 is 0. The quantitative estimate of drug-likeness (QED) is 0.360. The molecule has 0 amide bonds. The van der Waals surface area contributed by atoms with E-state index in [0.29, 0.717) is 25.0 Å². The number of ether oxygens (including phenoxy) is 2. The summed E-state index contributed by atoms with van der Waals surface area (Å²) < 4.78 is 12.3. The molecule has 0 spiro atoms. The van der Waals surface area contributed by atoms with Gasteiger partial charge in [0.25, 0.3) is 0 Å². The Morgan fingerprint density at radius 3 is 1.52 bits per heavy atom. The molecule has 4 aromatic carbocycles. The summed E-state index contributed by atoms with van der Waals surface area (Å²) in [6, 6.07) is 29.6. The lowest BCUT2D eigenvalue weighted by Gasteiger charge is -2.22. The van der Waals surface area contributed by atoms with Crippen LogP contribution in [0.1, 0.15) is 37.1 Å². The maximum atomic E-state index is 6.15. The van der Waals surface area contributed by atoms with Crippen molar-refractivity contribution in [2.45, 2.75) is 25.9 Å². The minimum atomic E-state index is -0.529. The molecule has 2 aliphatic rings. The molecule has 0 radical (unpaired) electrons. The zero-order valence-corrected chi connectivity index (χ0v) is 18.9. The molecule has 6 rings (SSSR count). The van der Waals surface area contributed by atoms with Crippen molar-refractivity contribution in [2.24, 2.45) is 15.4 Å². The summed E-state index contributed by atoms with van der Waals surface area (Å²) in [5, 5.41) is 4.89. The van der Waals surface area contributed by atoms with E-state index >= 15 is 0 Å². The first-order valence-corrected chi connectivity index (χ1v) is 11.5. The fourth-order valence-corrected chi connectivity index (χ4v) is 4.92. The molecule has 0 N–H and O–H groups in total. The van der Waals surface area contributed by atoms with Crippen molar-refractivity contribution in [2.75, 3.05) is 13.2 Å². The summed E-state index contributed by atoms with van der Waals surface area (Å²) in [6.45, 7) is 5.24. The second-order valence-electron chi connectivity index (χ2n) is 9.28. The third-order valence-corrected chi connectivity index (χ3v) is 6.74. The van der Waals surface area contributed by atoms with Crippen LogP contribution in [0.2, 0.25) is 0 Å². The highest BCUT2D eigenvalue weighted by atomic mass is 16.5. The smallest absolute Gasteiger partial charge is 0.199 e. The van der Waals surface area contributed by atoms with E-state index in [0.717, 1.165) is 0 Å². The lowest BCUT2D eigenvalue weighted by molar-refractivity contribution is 0.265.